The third-order valence-corrected chi connectivity index (χ3v) is 0.685. The van der Waals surface area contributed by atoms with Gasteiger partial charge >= 0.3 is 0 Å². The standard InChI is InChI=1S/C7H6BNO/c1-2-3-4-5-6-7(8)9-10/h6H,8H2,1H3/b7-6+. The molecular weight excluding hydrogens is 125 g/mol. The number of nitrogens with zero attached hydrogens (tertiary/aromatic N) is 1. The number of allylic oxidation sites excluding steroid dienone is 1. The SMILES string of the molecule is B/C(=C\C#CC#CC)N=O. The highest BCUT2D eigenvalue weighted by Crippen LogP contribution is 1.83. The average Bonchev–Trinajstić information content (AvgIpc) is 1.98. The van der Waals surface area contributed by atoms with Gasteiger partial charge in [-0.25, -0.2) is 0 Å². The summed E-state index contributed by atoms with van der Waals surface area (Å²) >= 11 is 0. The van der Waals surface area contributed by atoms with Crippen LogP contribution in [0.2, 0.25) is 0 Å². The van der Waals surface area contributed by atoms with Gasteiger partial charge in [-0.05, 0) is 23.9 Å². The number of hydrogen-bond acceptors (Lipinski definition) is 2. The summed E-state index contributed by atoms with van der Waals surface area (Å²) in [4.78, 5) is 9.75. The van der Waals surface area contributed by atoms with E-state index in [0.29, 0.717) is 5.60 Å². The minimum Gasteiger partial charge on any atom is -0.146 e. The van der Waals surface area contributed by atoms with Crippen LogP contribution in [-0.4, -0.2) is 7.85 Å². The maximum absolute atomic E-state index is 9.75. The molecule has 0 aromatic carbocycles. The molecule has 0 aliphatic rings. The fourth-order valence-electron chi connectivity index (χ4n) is 0.265. The first kappa shape index (κ1) is 8.52. The Kier molecular flexibility index (Phi) is 4.82. The fraction of sp³-hybridized carbons (Fsp3) is 0.143. The lowest BCUT2D eigenvalue weighted by molar-refractivity contribution is 1.49. The van der Waals surface area contributed by atoms with Gasteiger partial charge < -0.3 is 0 Å². The van der Waals surface area contributed by atoms with Gasteiger partial charge in [-0.2, -0.15) is 0 Å². The predicted molar refractivity (Wildman–Crippen MR) is 43.6 cm³/mol. The zero-order valence-corrected chi connectivity index (χ0v) is 5.93. The van der Waals surface area contributed by atoms with Crippen molar-refractivity contribution in [2.75, 3.05) is 0 Å². The van der Waals surface area contributed by atoms with Crippen LogP contribution in [0.15, 0.2) is 16.8 Å². The highest BCUT2D eigenvalue weighted by atomic mass is 16.3. The molecule has 0 amide bonds. The molecule has 3 heteroatoms. The Morgan fingerprint density at radius 3 is 2.80 bits per heavy atom. The highest BCUT2D eigenvalue weighted by Gasteiger charge is 1.77. The zero-order chi connectivity index (χ0) is 7.82. The first-order chi connectivity index (χ1) is 4.81. The molecule has 0 heterocycles. The predicted octanol–water partition coefficient (Wildman–Crippen LogP) is 0.254. The average molecular weight is 131 g/mol. The maximum Gasteiger partial charge on any atom is 0.169 e. The molecule has 0 radical (unpaired) electrons. The Morgan fingerprint density at radius 2 is 2.30 bits per heavy atom. The first-order valence-electron chi connectivity index (χ1n) is 2.73. The molecular formula is C7H6BNO. The van der Waals surface area contributed by atoms with Crippen LogP contribution in [0.25, 0.3) is 0 Å². The van der Waals surface area contributed by atoms with Gasteiger partial charge in [-0.1, -0.05) is 11.8 Å². The molecule has 0 spiro atoms. The minimum atomic E-state index is 0.366. The van der Waals surface area contributed by atoms with Crippen LogP contribution >= 0.6 is 0 Å². The first-order valence-corrected chi connectivity index (χ1v) is 2.73. The summed E-state index contributed by atoms with van der Waals surface area (Å²) in [6, 6.07) is 0. The van der Waals surface area contributed by atoms with Crippen LogP contribution in [0.5, 0.6) is 0 Å². The van der Waals surface area contributed by atoms with Crippen molar-refractivity contribution in [3.63, 3.8) is 0 Å². The molecule has 0 aromatic heterocycles. The molecule has 0 atom stereocenters. The minimum absolute atomic E-state index is 0.366. The van der Waals surface area contributed by atoms with E-state index in [0.717, 1.165) is 0 Å². The van der Waals surface area contributed by atoms with E-state index >= 15 is 0 Å². The van der Waals surface area contributed by atoms with E-state index in [9.17, 15) is 4.91 Å². The van der Waals surface area contributed by atoms with Gasteiger partial charge in [-0.3, -0.25) is 0 Å². The summed E-state index contributed by atoms with van der Waals surface area (Å²) in [7, 11) is 1.58. The highest BCUT2D eigenvalue weighted by molar-refractivity contribution is 6.21. The van der Waals surface area contributed by atoms with Crippen molar-refractivity contribution in [3.8, 4) is 23.7 Å². The van der Waals surface area contributed by atoms with Crippen LogP contribution in [0.3, 0.4) is 0 Å². The van der Waals surface area contributed by atoms with E-state index < -0.39 is 0 Å². The van der Waals surface area contributed by atoms with Gasteiger partial charge in [-0.15, -0.1) is 4.91 Å². The second-order valence-corrected chi connectivity index (χ2v) is 1.52. The second-order valence-electron chi connectivity index (χ2n) is 1.52. The van der Waals surface area contributed by atoms with Crippen molar-refractivity contribution in [2.24, 2.45) is 5.18 Å². The molecule has 0 aromatic rings. The van der Waals surface area contributed by atoms with E-state index in [2.05, 4.69) is 28.9 Å². The van der Waals surface area contributed by atoms with Crippen LogP contribution < -0.4 is 0 Å². The van der Waals surface area contributed by atoms with Crippen LogP contribution in [0, 0.1) is 28.6 Å². The summed E-state index contributed by atoms with van der Waals surface area (Å²) in [6.45, 7) is 1.70. The lowest BCUT2D eigenvalue weighted by atomic mass is 10.1. The van der Waals surface area contributed by atoms with Crippen molar-refractivity contribution in [1.82, 2.24) is 0 Å². The molecule has 10 heavy (non-hydrogen) atoms. The van der Waals surface area contributed by atoms with Gasteiger partial charge in [0.2, 0.25) is 0 Å². The number of nitroso groups, excluding NO2 is 1. The van der Waals surface area contributed by atoms with Gasteiger partial charge in [0, 0.05) is 11.7 Å². The van der Waals surface area contributed by atoms with Crippen LogP contribution in [-0.2, 0) is 0 Å². The summed E-state index contributed by atoms with van der Waals surface area (Å²) in [6.07, 6.45) is 1.43. The lowest BCUT2D eigenvalue weighted by Gasteiger charge is -1.72. The van der Waals surface area contributed by atoms with E-state index in [1.54, 1.807) is 14.8 Å². The summed E-state index contributed by atoms with van der Waals surface area (Å²) in [5, 5.41) is 2.65. The molecule has 0 aliphatic carbocycles. The Bertz CT molecular complexity index is 259. The zero-order valence-electron chi connectivity index (χ0n) is 5.93. The lowest BCUT2D eigenvalue weighted by Crippen LogP contribution is -1.69. The molecule has 48 valence electrons. The van der Waals surface area contributed by atoms with E-state index in [-0.39, 0.29) is 0 Å². The van der Waals surface area contributed by atoms with Crippen molar-refractivity contribution >= 4 is 7.85 Å². The maximum atomic E-state index is 9.75. The monoisotopic (exact) mass is 131 g/mol. The Labute approximate surface area is 61.1 Å². The van der Waals surface area contributed by atoms with Crippen molar-refractivity contribution in [3.05, 3.63) is 16.6 Å². The van der Waals surface area contributed by atoms with Crippen molar-refractivity contribution in [1.29, 1.82) is 0 Å². The van der Waals surface area contributed by atoms with Crippen molar-refractivity contribution in [2.45, 2.75) is 6.92 Å². The fourth-order valence-corrected chi connectivity index (χ4v) is 0.265. The van der Waals surface area contributed by atoms with Gasteiger partial charge in [0.15, 0.2) is 7.85 Å². The topological polar surface area (TPSA) is 29.4 Å². The molecule has 0 rings (SSSR count). The quantitative estimate of drug-likeness (QED) is 0.285. The Morgan fingerprint density at radius 1 is 1.60 bits per heavy atom. The Hall–Kier alpha value is -1.48. The number of hydrogen-bond donors (Lipinski definition) is 0. The molecule has 0 fully saturated rings. The summed E-state index contributed by atoms with van der Waals surface area (Å²) in [5.41, 5.74) is 0.366. The smallest absolute Gasteiger partial charge is 0.146 e. The molecule has 2 nitrogen and oxygen atoms in total. The molecule has 0 bridgehead atoms. The number of rotatable bonds is 1. The van der Waals surface area contributed by atoms with Gasteiger partial charge in [0.25, 0.3) is 0 Å². The molecule has 0 N–H and O–H groups in total. The van der Waals surface area contributed by atoms with Gasteiger partial charge in [0.05, 0.1) is 0 Å². The van der Waals surface area contributed by atoms with E-state index in [1.165, 1.54) is 6.08 Å². The van der Waals surface area contributed by atoms with Crippen molar-refractivity contribution < 1.29 is 0 Å². The molecule has 0 saturated heterocycles. The molecule has 0 saturated carbocycles. The third-order valence-electron chi connectivity index (χ3n) is 0.685. The van der Waals surface area contributed by atoms with E-state index in [1.807, 2.05) is 0 Å². The van der Waals surface area contributed by atoms with Crippen LogP contribution in [0.4, 0.5) is 0 Å². The largest absolute Gasteiger partial charge is 0.169 e. The molecule has 0 unspecified atom stereocenters. The third kappa shape index (κ3) is 4.68. The summed E-state index contributed by atoms with van der Waals surface area (Å²) in [5.74, 6) is 10.2. The Balaban J connectivity index is 4.05. The second kappa shape index (κ2) is 5.66. The van der Waals surface area contributed by atoms with Gasteiger partial charge in [0.1, 0.15) is 0 Å². The van der Waals surface area contributed by atoms with E-state index in [4.69, 9.17) is 0 Å². The summed E-state index contributed by atoms with van der Waals surface area (Å²) < 4.78 is 0. The normalized spacial score (nSPS) is 8.30. The van der Waals surface area contributed by atoms with Crippen LogP contribution in [0.1, 0.15) is 6.92 Å². The molecule has 0 aliphatic heterocycles.